The molecular formula is C27H25N3O2S. The van der Waals surface area contributed by atoms with E-state index in [2.05, 4.69) is 30.4 Å². The molecule has 0 saturated heterocycles. The first kappa shape index (κ1) is 21.3. The topological polar surface area (TPSA) is 56.1 Å². The van der Waals surface area contributed by atoms with Crippen LogP contribution in [0.25, 0.3) is 16.9 Å². The minimum atomic E-state index is -0.111. The Balaban J connectivity index is 1.76. The van der Waals surface area contributed by atoms with Gasteiger partial charge in [-0.2, -0.15) is 5.10 Å². The third kappa shape index (κ3) is 4.26. The molecule has 0 aliphatic carbocycles. The number of carbonyl (C=O) groups is 1. The van der Waals surface area contributed by atoms with E-state index in [1.54, 1.807) is 11.8 Å². The number of carbonyl (C=O) groups excluding carboxylic acids is 1. The Hall–Kier alpha value is -3.51. The van der Waals surface area contributed by atoms with E-state index in [9.17, 15) is 4.79 Å². The number of hydrogen-bond acceptors (Lipinski definition) is 4. The number of rotatable bonds is 6. The van der Waals surface area contributed by atoms with Gasteiger partial charge in [-0.3, -0.25) is 4.79 Å². The molecule has 5 nitrogen and oxygen atoms in total. The fourth-order valence-corrected chi connectivity index (χ4v) is 5.21. The monoisotopic (exact) mass is 455 g/mol. The minimum absolute atomic E-state index is 0.0348. The Kier molecular flexibility index (Phi) is 6.17. The van der Waals surface area contributed by atoms with Crippen LogP contribution in [-0.4, -0.2) is 28.0 Å². The van der Waals surface area contributed by atoms with Crippen molar-refractivity contribution in [3.05, 3.63) is 96.1 Å². The van der Waals surface area contributed by atoms with E-state index < -0.39 is 0 Å². The fraction of sp³-hybridized carbons (Fsp3) is 0.185. The quantitative estimate of drug-likeness (QED) is 0.381. The molecule has 33 heavy (non-hydrogen) atoms. The minimum Gasteiger partial charge on any atom is -0.493 e. The molecule has 0 saturated carbocycles. The highest BCUT2D eigenvalue weighted by Gasteiger charge is 2.33. The largest absolute Gasteiger partial charge is 0.493 e. The van der Waals surface area contributed by atoms with Crippen LogP contribution in [0.3, 0.4) is 0 Å². The maximum absolute atomic E-state index is 12.8. The van der Waals surface area contributed by atoms with Crippen LogP contribution in [0.1, 0.15) is 29.7 Å². The molecule has 0 fully saturated rings. The van der Waals surface area contributed by atoms with Crippen LogP contribution in [0.5, 0.6) is 5.75 Å². The fourth-order valence-electron chi connectivity index (χ4n) is 4.06. The Labute approximate surface area is 197 Å². The van der Waals surface area contributed by atoms with Crippen molar-refractivity contribution in [1.29, 1.82) is 0 Å². The third-order valence-corrected chi connectivity index (χ3v) is 6.79. The van der Waals surface area contributed by atoms with Gasteiger partial charge >= 0.3 is 0 Å². The van der Waals surface area contributed by atoms with Gasteiger partial charge in [-0.1, -0.05) is 73.7 Å². The molecule has 1 N–H and O–H groups in total. The van der Waals surface area contributed by atoms with Crippen LogP contribution < -0.4 is 10.1 Å². The molecule has 166 valence electrons. The highest BCUT2D eigenvalue weighted by molar-refractivity contribution is 8.00. The molecule has 0 spiro atoms. The van der Waals surface area contributed by atoms with Gasteiger partial charge in [0.1, 0.15) is 11.6 Å². The van der Waals surface area contributed by atoms with E-state index in [0.29, 0.717) is 18.2 Å². The number of fused-ring (bicyclic) bond motifs is 1. The molecule has 1 aromatic heterocycles. The van der Waals surface area contributed by atoms with Gasteiger partial charge in [-0.05, 0) is 24.6 Å². The number of nitrogens with one attached hydrogen (secondary N) is 1. The zero-order valence-corrected chi connectivity index (χ0v) is 19.2. The van der Waals surface area contributed by atoms with Gasteiger partial charge in [0.2, 0.25) is 5.91 Å². The summed E-state index contributed by atoms with van der Waals surface area (Å²) < 4.78 is 7.96. The lowest BCUT2D eigenvalue weighted by atomic mass is 9.99. The number of ether oxygens (including phenoxy) is 1. The van der Waals surface area contributed by atoms with Crippen LogP contribution in [0, 0.1) is 0 Å². The van der Waals surface area contributed by atoms with Crippen molar-refractivity contribution in [3.63, 3.8) is 0 Å². The molecule has 1 aliphatic heterocycles. The first-order chi connectivity index (χ1) is 16.3. The summed E-state index contributed by atoms with van der Waals surface area (Å²) in [7, 11) is 0. The van der Waals surface area contributed by atoms with Gasteiger partial charge in [0.05, 0.1) is 29.0 Å². The SMILES string of the molecule is CCCOc1ccccc1C1SCC(=O)Nc2c1c(-c1ccccc1)nn2-c1ccccc1. The van der Waals surface area contributed by atoms with Crippen LogP contribution in [-0.2, 0) is 4.79 Å². The van der Waals surface area contributed by atoms with E-state index in [1.165, 1.54) is 0 Å². The third-order valence-electron chi connectivity index (χ3n) is 5.53. The van der Waals surface area contributed by atoms with Crippen LogP contribution in [0.4, 0.5) is 5.82 Å². The molecule has 1 unspecified atom stereocenters. The normalized spacial score (nSPS) is 15.4. The summed E-state index contributed by atoms with van der Waals surface area (Å²) >= 11 is 1.61. The lowest BCUT2D eigenvalue weighted by Gasteiger charge is -2.20. The number of aromatic nitrogens is 2. The molecule has 3 aromatic carbocycles. The van der Waals surface area contributed by atoms with E-state index in [1.807, 2.05) is 71.4 Å². The van der Waals surface area contributed by atoms with Gasteiger partial charge in [-0.25, -0.2) is 4.68 Å². The zero-order chi connectivity index (χ0) is 22.6. The lowest BCUT2D eigenvalue weighted by molar-refractivity contribution is -0.113. The number of amides is 1. The molecule has 0 bridgehead atoms. The second kappa shape index (κ2) is 9.55. The molecule has 6 heteroatoms. The highest BCUT2D eigenvalue weighted by atomic mass is 32.2. The van der Waals surface area contributed by atoms with Crippen LogP contribution in [0.15, 0.2) is 84.9 Å². The second-order valence-corrected chi connectivity index (χ2v) is 8.94. The number of hydrogen-bond donors (Lipinski definition) is 1. The molecule has 1 amide bonds. The van der Waals surface area contributed by atoms with Crippen LogP contribution >= 0.6 is 11.8 Å². The predicted octanol–water partition coefficient (Wildman–Crippen LogP) is 6.10. The van der Waals surface area contributed by atoms with Crippen molar-refractivity contribution >= 4 is 23.5 Å². The standard InChI is InChI=1S/C27H25N3O2S/c1-2-17-32-22-16-10-9-15-21(22)26-24-25(19-11-5-3-6-12-19)29-30(20-13-7-4-8-14-20)27(24)28-23(31)18-33-26/h3-16,26H,2,17-18H2,1H3,(H,28,31). The number of para-hydroxylation sites is 2. The van der Waals surface area contributed by atoms with E-state index in [4.69, 9.17) is 9.84 Å². The summed E-state index contributed by atoms with van der Waals surface area (Å²) in [5, 5.41) is 8.05. The van der Waals surface area contributed by atoms with Crippen molar-refractivity contribution in [1.82, 2.24) is 9.78 Å². The van der Waals surface area contributed by atoms with Crippen molar-refractivity contribution in [2.24, 2.45) is 0 Å². The summed E-state index contributed by atoms with van der Waals surface area (Å²) in [5.41, 5.74) is 4.82. The Bertz CT molecular complexity index is 1260. The van der Waals surface area contributed by atoms with Gasteiger partial charge < -0.3 is 10.1 Å². The summed E-state index contributed by atoms with van der Waals surface area (Å²) in [5.74, 6) is 1.88. The molecule has 5 rings (SSSR count). The van der Waals surface area contributed by atoms with E-state index in [0.717, 1.165) is 40.2 Å². The maximum Gasteiger partial charge on any atom is 0.235 e. The Morgan fingerprint density at radius 3 is 2.45 bits per heavy atom. The summed E-state index contributed by atoms with van der Waals surface area (Å²) in [4.78, 5) is 12.8. The predicted molar refractivity (Wildman–Crippen MR) is 134 cm³/mol. The summed E-state index contributed by atoms with van der Waals surface area (Å²) in [6, 6.07) is 28.2. The average Bonchev–Trinajstić information content (AvgIpc) is 3.14. The smallest absolute Gasteiger partial charge is 0.235 e. The number of thioether (sulfide) groups is 1. The molecular weight excluding hydrogens is 430 g/mol. The van der Waals surface area contributed by atoms with E-state index in [-0.39, 0.29) is 11.2 Å². The van der Waals surface area contributed by atoms with Crippen molar-refractivity contribution < 1.29 is 9.53 Å². The van der Waals surface area contributed by atoms with Crippen molar-refractivity contribution in [2.45, 2.75) is 18.6 Å². The first-order valence-corrected chi connectivity index (χ1v) is 12.2. The molecule has 4 aromatic rings. The van der Waals surface area contributed by atoms with Gasteiger partial charge in [0.25, 0.3) is 0 Å². The lowest BCUT2D eigenvalue weighted by Crippen LogP contribution is -2.15. The Morgan fingerprint density at radius 2 is 1.70 bits per heavy atom. The molecule has 1 aliphatic rings. The van der Waals surface area contributed by atoms with Crippen molar-refractivity contribution in [2.75, 3.05) is 17.7 Å². The molecule has 2 heterocycles. The van der Waals surface area contributed by atoms with Crippen LogP contribution in [0.2, 0.25) is 0 Å². The van der Waals surface area contributed by atoms with E-state index >= 15 is 0 Å². The highest BCUT2D eigenvalue weighted by Crippen LogP contribution is 2.48. The summed E-state index contributed by atoms with van der Waals surface area (Å²) in [6.07, 6.45) is 0.929. The zero-order valence-electron chi connectivity index (χ0n) is 18.4. The molecule has 1 atom stereocenters. The first-order valence-electron chi connectivity index (χ1n) is 11.1. The van der Waals surface area contributed by atoms with Gasteiger partial charge in [0.15, 0.2) is 0 Å². The summed E-state index contributed by atoms with van der Waals surface area (Å²) in [6.45, 7) is 2.74. The number of anilines is 1. The van der Waals surface area contributed by atoms with Crippen molar-refractivity contribution in [3.8, 4) is 22.7 Å². The average molecular weight is 456 g/mol. The molecule has 0 radical (unpaired) electrons. The Morgan fingerprint density at radius 1 is 1.00 bits per heavy atom. The number of nitrogens with zero attached hydrogens (tertiary/aromatic N) is 2. The van der Waals surface area contributed by atoms with Gasteiger partial charge in [-0.15, -0.1) is 11.8 Å². The maximum atomic E-state index is 12.8. The van der Waals surface area contributed by atoms with Gasteiger partial charge in [0, 0.05) is 16.7 Å². The second-order valence-electron chi connectivity index (χ2n) is 7.85. The number of benzene rings is 3.